The van der Waals surface area contributed by atoms with Gasteiger partial charge in [-0.3, -0.25) is 14.3 Å². The van der Waals surface area contributed by atoms with Crippen molar-refractivity contribution in [2.75, 3.05) is 19.1 Å². The molecule has 5 nitrogen and oxygen atoms in total. The maximum Gasteiger partial charge on any atom is 0.254 e. The van der Waals surface area contributed by atoms with Crippen LogP contribution in [0.2, 0.25) is 0 Å². The fourth-order valence-electron chi connectivity index (χ4n) is 2.68. The minimum atomic E-state index is -0.660. The number of hydrogen-bond donors (Lipinski definition) is 1. The molecule has 6 heteroatoms. The molecule has 2 N–H and O–H groups in total. The topological polar surface area (TPSA) is 68.3 Å². The second-order valence-corrected chi connectivity index (χ2v) is 6.68. The van der Waals surface area contributed by atoms with E-state index in [2.05, 4.69) is 29.5 Å². The van der Waals surface area contributed by atoms with Crippen molar-refractivity contribution in [1.29, 1.82) is 0 Å². The third-order valence-corrected chi connectivity index (χ3v) is 4.29. The maximum absolute atomic E-state index is 12.7. The standard InChI is InChI=1S/C16H20IN3O2/c1-4-5-6-13-14(16(18)22)15(21)11-9-10(17)7-8-12(11)20(13)19(2)3/h7-9H,4-6H2,1-3H3,(H2,18,22). The van der Waals surface area contributed by atoms with E-state index < -0.39 is 5.91 Å². The van der Waals surface area contributed by atoms with Gasteiger partial charge in [0.25, 0.3) is 5.91 Å². The molecule has 0 fully saturated rings. The van der Waals surface area contributed by atoms with E-state index in [1.165, 1.54) is 0 Å². The number of unbranched alkanes of at least 4 members (excludes halogenated alkanes) is 1. The Hall–Kier alpha value is -1.57. The molecule has 1 aromatic heterocycles. The number of pyridine rings is 1. The smallest absolute Gasteiger partial charge is 0.254 e. The Morgan fingerprint density at radius 2 is 2.05 bits per heavy atom. The van der Waals surface area contributed by atoms with Gasteiger partial charge in [-0.1, -0.05) is 13.3 Å². The zero-order chi connectivity index (χ0) is 16.4. The van der Waals surface area contributed by atoms with E-state index in [0.29, 0.717) is 17.5 Å². The molecule has 0 aliphatic heterocycles. The first-order valence-corrected chi connectivity index (χ1v) is 8.30. The summed E-state index contributed by atoms with van der Waals surface area (Å²) in [5, 5.41) is 2.40. The van der Waals surface area contributed by atoms with Crippen molar-refractivity contribution in [2.24, 2.45) is 5.73 Å². The monoisotopic (exact) mass is 413 g/mol. The summed E-state index contributed by atoms with van der Waals surface area (Å²) < 4.78 is 2.87. The lowest BCUT2D eigenvalue weighted by atomic mass is 10.0. The van der Waals surface area contributed by atoms with Gasteiger partial charge in [0.1, 0.15) is 5.56 Å². The van der Waals surface area contributed by atoms with Crippen molar-refractivity contribution in [3.63, 3.8) is 0 Å². The fraction of sp³-hybridized carbons (Fsp3) is 0.375. The first-order valence-electron chi connectivity index (χ1n) is 7.23. The lowest BCUT2D eigenvalue weighted by molar-refractivity contribution is 0.0997. The number of carbonyl (C=O) groups is 1. The van der Waals surface area contributed by atoms with Crippen LogP contribution in [-0.4, -0.2) is 24.7 Å². The molecule has 1 amide bonds. The van der Waals surface area contributed by atoms with E-state index in [1.54, 1.807) is 6.07 Å². The van der Waals surface area contributed by atoms with Crippen LogP contribution in [0.4, 0.5) is 0 Å². The lowest BCUT2D eigenvalue weighted by Crippen LogP contribution is -2.35. The highest BCUT2D eigenvalue weighted by molar-refractivity contribution is 14.1. The van der Waals surface area contributed by atoms with Crippen LogP contribution in [0.1, 0.15) is 35.8 Å². The molecular formula is C16H20IN3O2. The third-order valence-electron chi connectivity index (χ3n) is 3.62. The second kappa shape index (κ2) is 6.68. The summed E-state index contributed by atoms with van der Waals surface area (Å²) in [6.07, 6.45) is 2.51. The van der Waals surface area contributed by atoms with Crippen LogP contribution in [0.15, 0.2) is 23.0 Å². The Morgan fingerprint density at radius 1 is 1.36 bits per heavy atom. The van der Waals surface area contributed by atoms with Crippen LogP contribution in [0.5, 0.6) is 0 Å². The number of aromatic nitrogens is 1. The molecule has 2 rings (SSSR count). The van der Waals surface area contributed by atoms with Crippen LogP contribution in [0.3, 0.4) is 0 Å². The molecule has 1 heterocycles. The van der Waals surface area contributed by atoms with Gasteiger partial charge in [-0.25, -0.2) is 0 Å². The minimum absolute atomic E-state index is 0.108. The van der Waals surface area contributed by atoms with Gasteiger partial charge in [0, 0.05) is 23.1 Å². The zero-order valence-electron chi connectivity index (χ0n) is 13.0. The van der Waals surface area contributed by atoms with Crippen LogP contribution in [-0.2, 0) is 6.42 Å². The molecule has 0 spiro atoms. The molecule has 1 aromatic carbocycles. The van der Waals surface area contributed by atoms with Gasteiger partial charge in [-0.15, -0.1) is 0 Å². The normalized spacial score (nSPS) is 10.9. The molecule has 0 aliphatic carbocycles. The van der Waals surface area contributed by atoms with Crippen molar-refractivity contribution >= 4 is 39.4 Å². The van der Waals surface area contributed by atoms with Crippen molar-refractivity contribution in [2.45, 2.75) is 26.2 Å². The highest BCUT2D eigenvalue weighted by atomic mass is 127. The van der Waals surface area contributed by atoms with Gasteiger partial charge < -0.3 is 10.7 Å². The quantitative estimate of drug-likeness (QED) is 0.765. The second-order valence-electron chi connectivity index (χ2n) is 5.44. The van der Waals surface area contributed by atoms with Gasteiger partial charge in [0.15, 0.2) is 0 Å². The Bertz CT molecular complexity index is 781. The predicted molar refractivity (Wildman–Crippen MR) is 98.1 cm³/mol. The Morgan fingerprint density at radius 3 is 2.59 bits per heavy atom. The van der Waals surface area contributed by atoms with Crippen molar-refractivity contribution in [1.82, 2.24) is 4.68 Å². The molecular weight excluding hydrogens is 393 g/mol. The highest BCUT2D eigenvalue weighted by Crippen LogP contribution is 2.20. The first kappa shape index (κ1) is 16.8. The van der Waals surface area contributed by atoms with Crippen LogP contribution in [0, 0.1) is 3.57 Å². The number of rotatable bonds is 5. The van der Waals surface area contributed by atoms with Gasteiger partial charge in [-0.05, 0) is 53.6 Å². The summed E-state index contributed by atoms with van der Waals surface area (Å²) in [5.41, 5.74) is 6.84. The number of benzene rings is 1. The Balaban J connectivity index is 2.96. The van der Waals surface area contributed by atoms with E-state index in [9.17, 15) is 9.59 Å². The van der Waals surface area contributed by atoms with E-state index >= 15 is 0 Å². The third kappa shape index (κ3) is 2.97. The molecule has 0 saturated carbocycles. The molecule has 2 aromatic rings. The van der Waals surface area contributed by atoms with Gasteiger partial charge >= 0.3 is 0 Å². The van der Waals surface area contributed by atoms with E-state index in [4.69, 9.17) is 5.73 Å². The molecule has 0 bridgehead atoms. The summed E-state index contributed by atoms with van der Waals surface area (Å²) >= 11 is 2.16. The number of primary amides is 1. The summed E-state index contributed by atoms with van der Waals surface area (Å²) in [6, 6.07) is 5.67. The number of amides is 1. The molecule has 22 heavy (non-hydrogen) atoms. The number of halogens is 1. The largest absolute Gasteiger partial charge is 0.365 e. The van der Waals surface area contributed by atoms with E-state index in [-0.39, 0.29) is 11.0 Å². The van der Waals surface area contributed by atoms with Crippen molar-refractivity contribution < 1.29 is 4.79 Å². The van der Waals surface area contributed by atoms with Crippen molar-refractivity contribution in [3.8, 4) is 0 Å². The zero-order valence-corrected chi connectivity index (χ0v) is 15.2. The van der Waals surface area contributed by atoms with E-state index in [1.807, 2.05) is 35.9 Å². The highest BCUT2D eigenvalue weighted by Gasteiger charge is 2.21. The summed E-state index contributed by atoms with van der Waals surface area (Å²) in [5.74, 6) is -0.660. The van der Waals surface area contributed by atoms with Crippen LogP contribution in [0.25, 0.3) is 10.9 Å². The predicted octanol–water partition coefficient (Wildman–Crippen LogP) is 2.25. The summed E-state index contributed by atoms with van der Waals surface area (Å²) in [4.78, 5) is 24.6. The molecule has 0 unspecified atom stereocenters. The average Bonchev–Trinajstić information content (AvgIpc) is 2.44. The Kier molecular flexibility index (Phi) is 5.10. The summed E-state index contributed by atoms with van der Waals surface area (Å²) in [6.45, 7) is 2.07. The number of hydrogen-bond acceptors (Lipinski definition) is 3. The number of fused-ring (bicyclic) bond motifs is 1. The lowest BCUT2D eigenvalue weighted by Gasteiger charge is -2.25. The molecule has 0 atom stereocenters. The molecule has 0 radical (unpaired) electrons. The number of carbonyl (C=O) groups excluding carboxylic acids is 1. The van der Waals surface area contributed by atoms with Gasteiger partial charge in [0.05, 0.1) is 11.2 Å². The number of nitrogens with zero attached hydrogens (tertiary/aromatic N) is 2. The van der Waals surface area contributed by atoms with Crippen LogP contribution >= 0.6 is 22.6 Å². The average molecular weight is 413 g/mol. The van der Waals surface area contributed by atoms with Crippen molar-refractivity contribution in [3.05, 3.63) is 43.2 Å². The maximum atomic E-state index is 12.7. The summed E-state index contributed by atoms with van der Waals surface area (Å²) in [7, 11) is 3.78. The van der Waals surface area contributed by atoms with Crippen LogP contribution < -0.4 is 16.2 Å². The Labute approximate surface area is 143 Å². The minimum Gasteiger partial charge on any atom is -0.365 e. The van der Waals surface area contributed by atoms with Gasteiger partial charge in [0.2, 0.25) is 5.43 Å². The number of nitrogens with two attached hydrogens (primary N) is 1. The van der Waals surface area contributed by atoms with Gasteiger partial charge in [-0.2, -0.15) is 0 Å². The fourth-order valence-corrected chi connectivity index (χ4v) is 3.17. The molecule has 0 aliphatic rings. The first-order chi connectivity index (χ1) is 10.4. The SMILES string of the molecule is CCCCc1c(C(N)=O)c(=O)c2cc(I)ccc2n1N(C)C. The van der Waals surface area contributed by atoms with E-state index in [0.717, 1.165) is 21.9 Å². The molecule has 0 saturated heterocycles. The molecule has 118 valence electrons.